The Morgan fingerprint density at radius 2 is 1.82 bits per heavy atom. The average molecular weight is 373 g/mol. The van der Waals surface area contributed by atoms with Crippen molar-refractivity contribution in [2.24, 2.45) is 7.05 Å². The van der Waals surface area contributed by atoms with E-state index in [1.165, 1.54) is 5.56 Å². The first-order valence-electron chi connectivity index (χ1n) is 9.38. The Labute approximate surface area is 163 Å². The van der Waals surface area contributed by atoms with Gasteiger partial charge in [-0.25, -0.2) is 0 Å². The van der Waals surface area contributed by atoms with E-state index < -0.39 is 0 Å². The van der Waals surface area contributed by atoms with Crippen LogP contribution in [0.4, 0.5) is 0 Å². The van der Waals surface area contributed by atoms with Crippen molar-refractivity contribution in [3.8, 4) is 0 Å². The number of benzene rings is 2. The lowest BCUT2D eigenvalue weighted by atomic mass is 10.1. The highest BCUT2D eigenvalue weighted by Crippen LogP contribution is 2.20. The summed E-state index contributed by atoms with van der Waals surface area (Å²) in [5.74, 6) is -0.158. The molecule has 6 heteroatoms. The Morgan fingerprint density at radius 1 is 1.04 bits per heavy atom. The molecule has 142 valence electrons. The molecule has 1 N–H and O–H groups in total. The number of aryl methyl sites for hydroxylation is 2. The number of aromatic nitrogens is 4. The maximum atomic E-state index is 12.8. The molecular weight excluding hydrogens is 350 g/mol. The van der Waals surface area contributed by atoms with Crippen LogP contribution in [-0.2, 0) is 20.0 Å². The molecule has 0 saturated carbocycles. The fourth-order valence-corrected chi connectivity index (χ4v) is 3.27. The first-order valence-corrected chi connectivity index (χ1v) is 9.38. The van der Waals surface area contributed by atoms with Crippen LogP contribution in [0.15, 0.2) is 60.8 Å². The van der Waals surface area contributed by atoms with Gasteiger partial charge in [-0.05, 0) is 24.6 Å². The van der Waals surface area contributed by atoms with Gasteiger partial charge in [0.25, 0.3) is 5.91 Å². The largest absolute Gasteiger partial charge is 0.350 e. The van der Waals surface area contributed by atoms with Crippen molar-refractivity contribution >= 4 is 16.8 Å². The fourth-order valence-electron chi connectivity index (χ4n) is 3.27. The van der Waals surface area contributed by atoms with Crippen molar-refractivity contribution in [1.82, 2.24) is 24.9 Å². The van der Waals surface area contributed by atoms with Gasteiger partial charge in [-0.1, -0.05) is 48.0 Å². The van der Waals surface area contributed by atoms with Crippen molar-refractivity contribution in [3.05, 3.63) is 83.3 Å². The average Bonchev–Trinajstić information content (AvgIpc) is 3.27. The van der Waals surface area contributed by atoms with E-state index in [4.69, 9.17) is 0 Å². The van der Waals surface area contributed by atoms with Gasteiger partial charge in [-0.3, -0.25) is 14.2 Å². The molecule has 0 bridgehead atoms. The first kappa shape index (κ1) is 18.0. The molecule has 2 aromatic heterocycles. The summed E-state index contributed by atoms with van der Waals surface area (Å²) in [6.45, 7) is 3.22. The van der Waals surface area contributed by atoms with Crippen LogP contribution in [0.3, 0.4) is 0 Å². The monoisotopic (exact) mass is 373 g/mol. The number of carbonyl (C=O) groups is 1. The molecule has 4 aromatic rings. The maximum Gasteiger partial charge on any atom is 0.272 e. The molecule has 28 heavy (non-hydrogen) atoms. The van der Waals surface area contributed by atoms with Gasteiger partial charge in [0, 0.05) is 31.6 Å². The van der Waals surface area contributed by atoms with Crippen molar-refractivity contribution in [2.75, 3.05) is 6.54 Å². The third kappa shape index (κ3) is 3.81. The molecule has 6 nitrogen and oxygen atoms in total. The molecule has 0 radical (unpaired) electrons. The van der Waals surface area contributed by atoms with Crippen LogP contribution < -0.4 is 5.32 Å². The summed E-state index contributed by atoms with van der Waals surface area (Å²) in [5, 5.41) is 12.8. The molecule has 0 atom stereocenters. The second-order valence-electron chi connectivity index (χ2n) is 7.00. The number of fused-ring (bicyclic) bond motifs is 1. The topological polar surface area (TPSA) is 64.7 Å². The Balaban J connectivity index is 1.53. The van der Waals surface area contributed by atoms with Crippen molar-refractivity contribution in [1.29, 1.82) is 0 Å². The zero-order valence-corrected chi connectivity index (χ0v) is 16.1. The van der Waals surface area contributed by atoms with Gasteiger partial charge in [0.15, 0.2) is 5.69 Å². The molecule has 0 unspecified atom stereocenters. The highest BCUT2D eigenvalue weighted by atomic mass is 16.1. The third-order valence-corrected chi connectivity index (χ3v) is 4.76. The summed E-state index contributed by atoms with van der Waals surface area (Å²) in [7, 11) is 1.88. The van der Waals surface area contributed by atoms with Crippen LogP contribution in [0.2, 0.25) is 0 Å². The molecule has 2 aromatic carbocycles. The van der Waals surface area contributed by atoms with Gasteiger partial charge in [0.05, 0.1) is 17.8 Å². The van der Waals surface area contributed by atoms with E-state index in [1.54, 1.807) is 4.68 Å². The summed E-state index contributed by atoms with van der Waals surface area (Å²) in [6, 6.07) is 18.2. The molecule has 4 rings (SSSR count). The van der Waals surface area contributed by atoms with Crippen LogP contribution in [-0.4, -0.2) is 32.0 Å². The number of nitrogens with one attached hydrogen (secondary N) is 1. The summed E-state index contributed by atoms with van der Waals surface area (Å²) < 4.78 is 3.66. The molecule has 0 aliphatic carbocycles. The zero-order valence-electron chi connectivity index (χ0n) is 16.1. The minimum absolute atomic E-state index is 0.158. The summed E-state index contributed by atoms with van der Waals surface area (Å²) in [5.41, 5.74) is 4.75. The number of carbonyl (C=O) groups excluding carboxylic acids is 1. The van der Waals surface area contributed by atoms with Gasteiger partial charge < -0.3 is 5.32 Å². The molecule has 1 amide bonds. The van der Waals surface area contributed by atoms with Gasteiger partial charge in [-0.2, -0.15) is 10.2 Å². The lowest BCUT2D eigenvalue weighted by Gasteiger charge is -2.04. The Hall–Kier alpha value is -3.41. The lowest BCUT2D eigenvalue weighted by molar-refractivity contribution is 0.0950. The number of rotatable bonds is 6. The highest BCUT2D eigenvalue weighted by Gasteiger charge is 2.17. The molecule has 0 aliphatic heterocycles. The van der Waals surface area contributed by atoms with Crippen molar-refractivity contribution < 1.29 is 4.79 Å². The maximum absolute atomic E-state index is 12.8. The van der Waals surface area contributed by atoms with Gasteiger partial charge >= 0.3 is 0 Å². The van der Waals surface area contributed by atoms with Gasteiger partial charge in [0.1, 0.15) is 0 Å². The minimum atomic E-state index is -0.158. The smallest absolute Gasteiger partial charge is 0.272 e. The molecule has 0 saturated heterocycles. The SMILES string of the molecule is Cc1ccc(Cn2nc(C(=O)NCCc3ccn(C)n3)c3ccccc32)cc1. The van der Waals surface area contributed by atoms with Crippen molar-refractivity contribution in [2.45, 2.75) is 19.9 Å². The molecule has 0 spiro atoms. The number of nitrogens with zero attached hydrogens (tertiary/aromatic N) is 4. The minimum Gasteiger partial charge on any atom is -0.350 e. The Kier molecular flexibility index (Phi) is 4.93. The van der Waals surface area contributed by atoms with Gasteiger partial charge in [0.2, 0.25) is 0 Å². The molecular formula is C22H23N5O. The second-order valence-corrected chi connectivity index (χ2v) is 7.00. The van der Waals surface area contributed by atoms with Crippen LogP contribution in [0, 0.1) is 6.92 Å². The first-order chi connectivity index (χ1) is 13.6. The molecule has 2 heterocycles. The lowest BCUT2D eigenvalue weighted by Crippen LogP contribution is -2.26. The van der Waals surface area contributed by atoms with Crippen LogP contribution in [0.1, 0.15) is 27.3 Å². The normalized spacial score (nSPS) is 11.1. The van der Waals surface area contributed by atoms with E-state index in [-0.39, 0.29) is 5.91 Å². The summed E-state index contributed by atoms with van der Waals surface area (Å²) >= 11 is 0. The highest BCUT2D eigenvalue weighted by molar-refractivity contribution is 6.04. The zero-order chi connectivity index (χ0) is 19.5. The number of hydrogen-bond donors (Lipinski definition) is 1. The predicted octanol–water partition coefficient (Wildman–Crippen LogP) is 3.10. The second kappa shape index (κ2) is 7.68. The van der Waals surface area contributed by atoms with Crippen LogP contribution in [0.5, 0.6) is 0 Å². The molecule has 0 fully saturated rings. The number of para-hydroxylation sites is 1. The number of hydrogen-bond acceptors (Lipinski definition) is 3. The standard InChI is InChI=1S/C22H23N5O/c1-16-7-9-17(10-8-16)15-27-20-6-4-3-5-19(20)21(25-27)22(28)23-13-11-18-12-14-26(2)24-18/h3-10,12,14H,11,13,15H2,1-2H3,(H,23,28). The van der Waals surface area contributed by atoms with E-state index in [1.807, 2.05) is 48.3 Å². The van der Waals surface area contributed by atoms with Crippen LogP contribution in [0.25, 0.3) is 10.9 Å². The van der Waals surface area contributed by atoms with E-state index in [0.29, 0.717) is 25.2 Å². The Morgan fingerprint density at radius 3 is 2.57 bits per heavy atom. The third-order valence-electron chi connectivity index (χ3n) is 4.76. The number of amides is 1. The summed E-state index contributed by atoms with van der Waals surface area (Å²) in [6.07, 6.45) is 2.59. The van der Waals surface area contributed by atoms with E-state index >= 15 is 0 Å². The van der Waals surface area contributed by atoms with E-state index in [0.717, 1.165) is 22.2 Å². The quantitative estimate of drug-likeness (QED) is 0.565. The van der Waals surface area contributed by atoms with E-state index in [9.17, 15) is 4.79 Å². The predicted molar refractivity (Wildman–Crippen MR) is 109 cm³/mol. The van der Waals surface area contributed by atoms with Crippen LogP contribution >= 0.6 is 0 Å². The summed E-state index contributed by atoms with van der Waals surface area (Å²) in [4.78, 5) is 12.8. The van der Waals surface area contributed by atoms with Gasteiger partial charge in [-0.15, -0.1) is 0 Å². The van der Waals surface area contributed by atoms with E-state index in [2.05, 4.69) is 46.7 Å². The Bertz CT molecular complexity index is 1110. The van der Waals surface area contributed by atoms with Crippen molar-refractivity contribution in [3.63, 3.8) is 0 Å². The fraction of sp³-hybridized carbons (Fsp3) is 0.227. The molecule has 0 aliphatic rings.